The first-order chi connectivity index (χ1) is 6.29. The Labute approximate surface area is 78.6 Å². The molecule has 0 saturated carbocycles. The van der Waals surface area contributed by atoms with E-state index in [2.05, 4.69) is 5.32 Å². The topological polar surface area (TPSA) is 32.3 Å². The molecule has 2 rings (SSSR count). The average Bonchev–Trinajstić information content (AvgIpc) is 2.01. The summed E-state index contributed by atoms with van der Waals surface area (Å²) in [5, 5.41) is 13.2. The van der Waals surface area contributed by atoms with Crippen LogP contribution in [-0.4, -0.2) is 17.7 Å². The molecule has 1 heterocycles. The Hall–Kier alpha value is -0.860. The van der Waals surface area contributed by atoms with Crippen molar-refractivity contribution in [1.29, 1.82) is 0 Å². The normalized spacial score (nSPS) is 23.7. The van der Waals surface area contributed by atoms with Gasteiger partial charge in [0, 0.05) is 6.04 Å². The molecule has 0 aromatic heterocycles. The van der Waals surface area contributed by atoms with Gasteiger partial charge in [-0.15, -0.1) is 0 Å². The molecule has 0 bridgehead atoms. The minimum atomic E-state index is -0.338. The zero-order valence-corrected chi connectivity index (χ0v) is 7.83. The van der Waals surface area contributed by atoms with Crippen molar-refractivity contribution in [3.63, 3.8) is 0 Å². The van der Waals surface area contributed by atoms with Crippen molar-refractivity contribution in [2.75, 3.05) is 6.54 Å². The lowest BCUT2D eigenvalue weighted by Crippen LogP contribution is -2.47. The Morgan fingerprint density at radius 3 is 2.69 bits per heavy atom. The fourth-order valence-electron chi connectivity index (χ4n) is 1.72. The van der Waals surface area contributed by atoms with E-state index in [1.807, 2.05) is 31.2 Å². The lowest BCUT2D eigenvalue weighted by Gasteiger charge is -2.32. The minimum absolute atomic E-state index is 0.265. The van der Waals surface area contributed by atoms with Crippen molar-refractivity contribution in [2.24, 2.45) is 0 Å². The van der Waals surface area contributed by atoms with E-state index in [1.54, 1.807) is 0 Å². The molecule has 13 heavy (non-hydrogen) atoms. The summed E-state index contributed by atoms with van der Waals surface area (Å²) in [4.78, 5) is 0. The van der Waals surface area contributed by atoms with E-state index >= 15 is 0 Å². The van der Waals surface area contributed by atoms with E-state index < -0.39 is 0 Å². The number of aryl methyl sites for hydroxylation is 1. The van der Waals surface area contributed by atoms with Crippen LogP contribution in [0.4, 0.5) is 0 Å². The van der Waals surface area contributed by atoms with E-state index in [-0.39, 0.29) is 12.1 Å². The SMILES string of the molecule is Cc1ccccc1C(O)C1CCN1. The van der Waals surface area contributed by atoms with Gasteiger partial charge in [0.2, 0.25) is 0 Å². The van der Waals surface area contributed by atoms with Crippen LogP contribution in [0.15, 0.2) is 24.3 Å². The Balaban J connectivity index is 2.18. The molecular weight excluding hydrogens is 162 g/mol. The second-order valence-electron chi connectivity index (χ2n) is 3.65. The molecule has 1 fully saturated rings. The number of aliphatic hydroxyl groups excluding tert-OH is 1. The molecule has 2 N–H and O–H groups in total. The van der Waals surface area contributed by atoms with Crippen LogP contribution in [0.3, 0.4) is 0 Å². The van der Waals surface area contributed by atoms with Crippen molar-refractivity contribution < 1.29 is 5.11 Å². The number of nitrogens with one attached hydrogen (secondary N) is 1. The van der Waals surface area contributed by atoms with Gasteiger partial charge in [0.25, 0.3) is 0 Å². The number of aliphatic hydroxyl groups is 1. The third-order valence-corrected chi connectivity index (χ3v) is 2.75. The Kier molecular flexibility index (Phi) is 2.34. The van der Waals surface area contributed by atoms with Crippen molar-refractivity contribution in [3.05, 3.63) is 35.4 Å². The van der Waals surface area contributed by atoms with Crippen LogP contribution >= 0.6 is 0 Å². The predicted molar refractivity (Wildman–Crippen MR) is 52.5 cm³/mol. The summed E-state index contributed by atoms with van der Waals surface area (Å²) in [7, 11) is 0. The van der Waals surface area contributed by atoms with Gasteiger partial charge < -0.3 is 10.4 Å². The van der Waals surface area contributed by atoms with Gasteiger partial charge >= 0.3 is 0 Å². The van der Waals surface area contributed by atoms with Crippen LogP contribution in [0.1, 0.15) is 23.7 Å². The Bertz CT molecular complexity index is 294. The number of benzene rings is 1. The molecule has 2 nitrogen and oxygen atoms in total. The molecule has 1 aromatic rings. The molecule has 1 saturated heterocycles. The van der Waals surface area contributed by atoms with Crippen molar-refractivity contribution in [2.45, 2.75) is 25.5 Å². The summed E-state index contributed by atoms with van der Waals surface area (Å²) in [6.45, 7) is 3.07. The van der Waals surface area contributed by atoms with Gasteiger partial charge in [-0.1, -0.05) is 24.3 Å². The van der Waals surface area contributed by atoms with Crippen LogP contribution in [0.2, 0.25) is 0 Å². The van der Waals surface area contributed by atoms with Crippen LogP contribution < -0.4 is 5.32 Å². The molecule has 0 radical (unpaired) electrons. The Morgan fingerprint density at radius 2 is 2.15 bits per heavy atom. The summed E-state index contributed by atoms with van der Waals surface area (Å²) in [5.74, 6) is 0. The van der Waals surface area contributed by atoms with Crippen molar-refractivity contribution >= 4 is 0 Å². The highest BCUT2D eigenvalue weighted by Gasteiger charge is 2.26. The van der Waals surface area contributed by atoms with Crippen molar-refractivity contribution in [1.82, 2.24) is 5.32 Å². The van der Waals surface area contributed by atoms with Crippen molar-refractivity contribution in [3.8, 4) is 0 Å². The summed E-state index contributed by atoms with van der Waals surface area (Å²) in [5.41, 5.74) is 2.23. The summed E-state index contributed by atoms with van der Waals surface area (Å²) >= 11 is 0. The average molecular weight is 177 g/mol. The lowest BCUT2D eigenvalue weighted by atomic mass is 9.92. The molecule has 2 atom stereocenters. The van der Waals surface area contributed by atoms with Gasteiger partial charge in [-0.3, -0.25) is 0 Å². The van der Waals surface area contributed by atoms with Crippen LogP contribution in [0, 0.1) is 6.92 Å². The Morgan fingerprint density at radius 1 is 1.46 bits per heavy atom. The highest BCUT2D eigenvalue weighted by molar-refractivity contribution is 5.29. The van der Waals surface area contributed by atoms with Gasteiger partial charge in [0.15, 0.2) is 0 Å². The lowest BCUT2D eigenvalue weighted by molar-refractivity contribution is 0.0951. The highest BCUT2D eigenvalue weighted by atomic mass is 16.3. The molecule has 70 valence electrons. The van der Waals surface area contributed by atoms with Gasteiger partial charge in [0.05, 0.1) is 6.10 Å². The molecule has 2 heteroatoms. The van der Waals surface area contributed by atoms with Gasteiger partial charge in [-0.2, -0.15) is 0 Å². The maximum atomic E-state index is 9.96. The van der Waals surface area contributed by atoms with Crippen LogP contribution in [0.5, 0.6) is 0 Å². The number of hydrogen-bond donors (Lipinski definition) is 2. The summed E-state index contributed by atoms with van der Waals surface area (Å²) < 4.78 is 0. The second kappa shape index (κ2) is 3.48. The zero-order chi connectivity index (χ0) is 9.26. The second-order valence-corrected chi connectivity index (χ2v) is 3.65. The third kappa shape index (κ3) is 1.60. The molecule has 0 amide bonds. The third-order valence-electron chi connectivity index (χ3n) is 2.75. The molecule has 2 unspecified atom stereocenters. The van der Waals surface area contributed by atoms with E-state index in [9.17, 15) is 5.11 Å². The smallest absolute Gasteiger partial charge is 0.0945 e. The van der Waals surface area contributed by atoms with E-state index in [0.29, 0.717) is 0 Å². The molecule has 0 aliphatic carbocycles. The van der Waals surface area contributed by atoms with Gasteiger partial charge in [-0.05, 0) is 31.0 Å². The summed E-state index contributed by atoms with van der Waals surface area (Å²) in [6.07, 6.45) is 0.741. The minimum Gasteiger partial charge on any atom is -0.387 e. The summed E-state index contributed by atoms with van der Waals surface area (Å²) in [6, 6.07) is 8.28. The van der Waals surface area contributed by atoms with E-state index in [4.69, 9.17) is 0 Å². The van der Waals surface area contributed by atoms with Gasteiger partial charge in [0.1, 0.15) is 0 Å². The fourth-order valence-corrected chi connectivity index (χ4v) is 1.72. The van der Waals surface area contributed by atoms with E-state index in [0.717, 1.165) is 18.5 Å². The first-order valence-electron chi connectivity index (χ1n) is 4.76. The quantitative estimate of drug-likeness (QED) is 0.715. The monoisotopic (exact) mass is 177 g/mol. The molecular formula is C11H15NO. The molecule has 1 aromatic carbocycles. The number of rotatable bonds is 2. The highest BCUT2D eigenvalue weighted by Crippen LogP contribution is 2.24. The van der Waals surface area contributed by atoms with Crippen LogP contribution in [-0.2, 0) is 0 Å². The largest absolute Gasteiger partial charge is 0.387 e. The molecule has 0 spiro atoms. The van der Waals surface area contributed by atoms with Crippen LogP contribution in [0.25, 0.3) is 0 Å². The first-order valence-corrected chi connectivity index (χ1v) is 4.76. The van der Waals surface area contributed by atoms with Gasteiger partial charge in [-0.25, -0.2) is 0 Å². The first kappa shape index (κ1) is 8.73. The van der Waals surface area contributed by atoms with E-state index in [1.165, 1.54) is 5.56 Å². The maximum Gasteiger partial charge on any atom is 0.0945 e. The standard InChI is InChI=1S/C11H15NO/c1-8-4-2-3-5-9(8)11(13)10-6-7-12-10/h2-5,10-13H,6-7H2,1H3. The molecule has 1 aliphatic heterocycles. The molecule has 1 aliphatic rings. The predicted octanol–water partition coefficient (Wildman–Crippen LogP) is 1.39. The maximum absolute atomic E-state index is 9.96. The number of hydrogen-bond acceptors (Lipinski definition) is 2. The zero-order valence-electron chi connectivity index (χ0n) is 7.83. The fraction of sp³-hybridized carbons (Fsp3) is 0.455.